The zero-order valence-corrected chi connectivity index (χ0v) is 15.1. The first-order valence-corrected chi connectivity index (χ1v) is 13.2. The molecule has 1 N–H and O–H groups in total. The van der Waals surface area contributed by atoms with Gasteiger partial charge in [0.2, 0.25) is 9.04 Å². The van der Waals surface area contributed by atoms with Crippen molar-refractivity contribution in [3.05, 3.63) is 30.3 Å². The van der Waals surface area contributed by atoms with E-state index >= 15 is 0 Å². The molecule has 1 rings (SSSR count). The Morgan fingerprint density at radius 1 is 1.16 bits per heavy atom. The second-order valence-electron chi connectivity index (χ2n) is 4.29. The average molecular weight is 340 g/mol. The summed E-state index contributed by atoms with van der Waals surface area (Å²) in [6.07, 6.45) is 0. The number of rotatable bonds is 7. The fourth-order valence-corrected chi connectivity index (χ4v) is 8.31. The van der Waals surface area contributed by atoms with Crippen LogP contribution in [-0.4, -0.2) is 22.5 Å². The minimum absolute atomic E-state index is 1.01. The first-order valence-electron chi connectivity index (χ1n) is 5.66. The minimum atomic E-state index is -3.10. The molecule has 3 atom stereocenters. The van der Waals surface area contributed by atoms with Crippen LogP contribution in [0, 0.1) is 0 Å². The van der Waals surface area contributed by atoms with E-state index in [-0.39, 0.29) is 0 Å². The Morgan fingerprint density at radius 2 is 1.74 bits per heavy atom. The SMILES string of the molecule is C[SiH](O[PH](=O)O[Si](C)(C)O[PH](=O)O)c1ccccc1. The summed E-state index contributed by atoms with van der Waals surface area (Å²) in [5, 5.41) is 1.01. The highest BCUT2D eigenvalue weighted by atomic mass is 31.1. The first kappa shape index (κ1) is 17.0. The zero-order valence-electron chi connectivity index (χ0n) is 11.0. The number of hydrogen-bond acceptors (Lipinski definition) is 5. The predicted molar refractivity (Wildman–Crippen MR) is 80.0 cm³/mol. The third kappa shape index (κ3) is 6.78. The van der Waals surface area contributed by atoms with Crippen molar-refractivity contribution in [3.63, 3.8) is 0 Å². The molecule has 0 saturated carbocycles. The molecule has 1 aromatic rings. The van der Waals surface area contributed by atoms with Gasteiger partial charge in [-0.15, -0.1) is 0 Å². The van der Waals surface area contributed by atoms with Crippen LogP contribution >= 0.6 is 16.5 Å². The first-order chi connectivity index (χ1) is 8.80. The Morgan fingerprint density at radius 3 is 2.26 bits per heavy atom. The molecule has 19 heavy (non-hydrogen) atoms. The van der Waals surface area contributed by atoms with Crippen LogP contribution < -0.4 is 5.19 Å². The Hall–Kier alpha value is -0.0462. The molecule has 0 amide bonds. The fourth-order valence-electron chi connectivity index (χ4n) is 1.39. The lowest BCUT2D eigenvalue weighted by Gasteiger charge is -2.21. The van der Waals surface area contributed by atoms with Crippen LogP contribution in [0.2, 0.25) is 19.6 Å². The van der Waals surface area contributed by atoms with Gasteiger partial charge in [0.05, 0.1) is 0 Å². The summed E-state index contributed by atoms with van der Waals surface area (Å²) >= 11 is 0. The Labute approximate surface area is 116 Å². The van der Waals surface area contributed by atoms with Crippen LogP contribution in [0.5, 0.6) is 0 Å². The summed E-state index contributed by atoms with van der Waals surface area (Å²) in [7, 11) is -10.5. The standard InChI is InChI=1S/C9H18O6P2Si2/c1-18(9-7-5-4-6-8-9)13-17(12)15-19(2,3)14-16(10)11/h4-8,16-18H,1-3H3,(H,10,11). The third-order valence-electron chi connectivity index (χ3n) is 2.20. The molecule has 1 aromatic carbocycles. The summed E-state index contributed by atoms with van der Waals surface area (Å²) in [6, 6.07) is 9.50. The molecule has 0 fully saturated rings. The zero-order chi connectivity index (χ0) is 14.5. The maximum atomic E-state index is 11.8. The Balaban J connectivity index is 2.54. The van der Waals surface area contributed by atoms with Crippen molar-refractivity contribution < 1.29 is 26.7 Å². The van der Waals surface area contributed by atoms with Crippen LogP contribution in [0.25, 0.3) is 0 Å². The molecule has 0 aliphatic heterocycles. The normalized spacial score (nSPS) is 16.8. The van der Waals surface area contributed by atoms with E-state index in [2.05, 4.69) is 0 Å². The van der Waals surface area contributed by atoms with E-state index in [1.54, 1.807) is 13.1 Å². The lowest BCUT2D eigenvalue weighted by Crippen LogP contribution is -2.32. The molecule has 10 heteroatoms. The smallest absolute Gasteiger partial charge is 0.347 e. The van der Waals surface area contributed by atoms with Crippen molar-refractivity contribution in [2.45, 2.75) is 19.6 Å². The highest BCUT2D eigenvalue weighted by molar-refractivity contribution is 7.39. The van der Waals surface area contributed by atoms with Gasteiger partial charge in [-0.2, -0.15) is 0 Å². The van der Waals surface area contributed by atoms with Crippen LogP contribution in [-0.2, 0) is 21.8 Å². The van der Waals surface area contributed by atoms with E-state index in [9.17, 15) is 9.13 Å². The maximum Gasteiger partial charge on any atom is 0.347 e. The summed E-state index contributed by atoms with van der Waals surface area (Å²) < 4.78 is 37.8. The Bertz CT molecular complexity index is 455. The van der Waals surface area contributed by atoms with Gasteiger partial charge in [0, 0.05) is 0 Å². The van der Waals surface area contributed by atoms with Crippen molar-refractivity contribution in [1.82, 2.24) is 0 Å². The second-order valence-corrected chi connectivity index (χ2v) is 12.6. The summed E-state index contributed by atoms with van der Waals surface area (Å²) in [5.41, 5.74) is 0. The largest absolute Gasteiger partial charge is 0.351 e. The topological polar surface area (TPSA) is 82.1 Å². The average Bonchev–Trinajstić information content (AvgIpc) is 2.27. The van der Waals surface area contributed by atoms with Crippen LogP contribution in [0.1, 0.15) is 0 Å². The van der Waals surface area contributed by atoms with Gasteiger partial charge in [0.1, 0.15) is 0 Å². The van der Waals surface area contributed by atoms with E-state index in [1.165, 1.54) is 0 Å². The predicted octanol–water partition coefficient (Wildman–Crippen LogP) is 1.77. The van der Waals surface area contributed by atoms with Gasteiger partial charge in [0.25, 0.3) is 0 Å². The van der Waals surface area contributed by atoms with E-state index in [0.717, 1.165) is 5.19 Å². The van der Waals surface area contributed by atoms with E-state index in [4.69, 9.17) is 17.5 Å². The molecule has 0 saturated heterocycles. The van der Waals surface area contributed by atoms with E-state index < -0.39 is 34.1 Å². The van der Waals surface area contributed by atoms with Gasteiger partial charge >= 0.3 is 25.1 Å². The molecule has 0 bridgehead atoms. The quantitative estimate of drug-likeness (QED) is 0.602. The maximum absolute atomic E-state index is 11.8. The van der Waals surface area contributed by atoms with Crippen LogP contribution in [0.3, 0.4) is 0 Å². The van der Waals surface area contributed by atoms with Crippen LogP contribution in [0.4, 0.5) is 0 Å². The van der Waals surface area contributed by atoms with Gasteiger partial charge in [0.15, 0.2) is 0 Å². The lowest BCUT2D eigenvalue weighted by atomic mass is 10.4. The molecular weight excluding hydrogens is 322 g/mol. The molecule has 0 heterocycles. The summed E-state index contributed by atoms with van der Waals surface area (Å²) in [4.78, 5) is 8.72. The molecule has 3 unspecified atom stereocenters. The molecule has 108 valence electrons. The minimum Gasteiger partial charge on any atom is -0.351 e. The van der Waals surface area contributed by atoms with Gasteiger partial charge in [-0.25, -0.2) is 0 Å². The number of benzene rings is 1. The van der Waals surface area contributed by atoms with Crippen molar-refractivity contribution in [2.75, 3.05) is 0 Å². The molecule has 0 aromatic heterocycles. The molecule has 0 aliphatic rings. The molecule has 0 spiro atoms. The summed E-state index contributed by atoms with van der Waals surface area (Å²) in [5.74, 6) is 0. The molecule has 0 aliphatic carbocycles. The fraction of sp³-hybridized carbons (Fsp3) is 0.333. The second kappa shape index (κ2) is 7.66. The van der Waals surface area contributed by atoms with Gasteiger partial charge in [-0.05, 0) is 24.8 Å². The Kier molecular flexibility index (Phi) is 6.86. The summed E-state index contributed by atoms with van der Waals surface area (Å²) in [6.45, 7) is 4.99. The third-order valence-corrected chi connectivity index (χ3v) is 11.0. The highest BCUT2D eigenvalue weighted by Gasteiger charge is 2.30. The lowest BCUT2D eigenvalue weighted by molar-refractivity contribution is 0.339. The van der Waals surface area contributed by atoms with E-state index in [1.807, 2.05) is 36.9 Å². The number of hydrogen-bond donors (Lipinski definition) is 1. The molecule has 0 radical (unpaired) electrons. The van der Waals surface area contributed by atoms with Gasteiger partial charge in [-0.1, -0.05) is 30.3 Å². The molecule has 6 nitrogen and oxygen atoms in total. The van der Waals surface area contributed by atoms with Crippen molar-refractivity contribution in [2.24, 2.45) is 0 Å². The van der Waals surface area contributed by atoms with Gasteiger partial charge in [-0.3, -0.25) is 9.13 Å². The van der Waals surface area contributed by atoms with E-state index in [0.29, 0.717) is 0 Å². The van der Waals surface area contributed by atoms with Crippen molar-refractivity contribution >= 4 is 39.3 Å². The molecular formula is C9H18O6P2Si2. The van der Waals surface area contributed by atoms with Crippen LogP contribution in [0.15, 0.2) is 30.3 Å². The highest BCUT2D eigenvalue weighted by Crippen LogP contribution is 2.34. The van der Waals surface area contributed by atoms with Crippen molar-refractivity contribution in [3.8, 4) is 0 Å². The van der Waals surface area contributed by atoms with Crippen molar-refractivity contribution in [1.29, 1.82) is 0 Å². The monoisotopic (exact) mass is 340 g/mol. The van der Waals surface area contributed by atoms with Gasteiger partial charge < -0.3 is 17.5 Å².